The van der Waals surface area contributed by atoms with Gasteiger partial charge in [0, 0.05) is 29.5 Å². The maximum Gasteiger partial charge on any atom is 0.0656 e. The van der Waals surface area contributed by atoms with Crippen molar-refractivity contribution in [3.05, 3.63) is 21.9 Å². The predicted molar refractivity (Wildman–Crippen MR) is 87.3 cm³/mol. The van der Waals surface area contributed by atoms with Crippen LogP contribution in [0.15, 0.2) is 11.4 Å². The molecule has 1 aromatic heterocycles. The molecule has 1 aliphatic carbocycles. The molecule has 0 radical (unpaired) electrons. The van der Waals surface area contributed by atoms with Crippen LogP contribution in [0.2, 0.25) is 0 Å². The molecule has 20 heavy (non-hydrogen) atoms. The standard InChI is InChI=1S/C17H29NOS/c1-6-13-7-8-20-14(13)10-18-15-9-16(17(15,4)5)19-11-12(2)3/h7-8,12,15-16,18H,6,9-11H2,1-5H3. The van der Waals surface area contributed by atoms with Gasteiger partial charge in [0.2, 0.25) is 0 Å². The molecule has 1 heterocycles. The second-order valence-corrected chi connectivity index (χ2v) is 7.93. The van der Waals surface area contributed by atoms with Crippen LogP contribution in [0.25, 0.3) is 0 Å². The molecular weight excluding hydrogens is 266 g/mol. The zero-order valence-corrected chi connectivity index (χ0v) is 14.3. The monoisotopic (exact) mass is 295 g/mol. The van der Waals surface area contributed by atoms with Crippen LogP contribution in [-0.2, 0) is 17.7 Å². The van der Waals surface area contributed by atoms with Crippen molar-refractivity contribution in [3.63, 3.8) is 0 Å². The van der Waals surface area contributed by atoms with E-state index < -0.39 is 0 Å². The molecule has 2 atom stereocenters. The zero-order chi connectivity index (χ0) is 14.8. The van der Waals surface area contributed by atoms with Gasteiger partial charge in [0.1, 0.15) is 0 Å². The summed E-state index contributed by atoms with van der Waals surface area (Å²) in [5, 5.41) is 5.94. The van der Waals surface area contributed by atoms with Crippen LogP contribution in [0.3, 0.4) is 0 Å². The van der Waals surface area contributed by atoms with Gasteiger partial charge in [-0.25, -0.2) is 0 Å². The summed E-state index contributed by atoms with van der Waals surface area (Å²) in [4.78, 5) is 1.50. The van der Waals surface area contributed by atoms with Gasteiger partial charge in [0.05, 0.1) is 6.10 Å². The Labute approximate surface area is 127 Å². The number of hydrogen-bond acceptors (Lipinski definition) is 3. The summed E-state index contributed by atoms with van der Waals surface area (Å²) in [7, 11) is 0. The highest BCUT2D eigenvalue weighted by molar-refractivity contribution is 7.10. The first kappa shape index (κ1) is 16.0. The van der Waals surface area contributed by atoms with Gasteiger partial charge in [-0.05, 0) is 35.8 Å². The Kier molecular flexibility index (Phi) is 5.27. The Morgan fingerprint density at radius 3 is 2.80 bits per heavy atom. The zero-order valence-electron chi connectivity index (χ0n) is 13.5. The fourth-order valence-corrected chi connectivity index (χ4v) is 3.80. The number of rotatable bonds is 7. The molecular formula is C17H29NOS. The highest BCUT2D eigenvalue weighted by Gasteiger charge is 2.48. The minimum atomic E-state index is 0.249. The lowest BCUT2D eigenvalue weighted by atomic mass is 9.64. The first-order valence-electron chi connectivity index (χ1n) is 7.85. The van der Waals surface area contributed by atoms with E-state index in [9.17, 15) is 0 Å². The lowest BCUT2D eigenvalue weighted by Crippen LogP contribution is -2.60. The number of aryl methyl sites for hydroxylation is 1. The van der Waals surface area contributed by atoms with Gasteiger partial charge in [-0.3, -0.25) is 0 Å². The van der Waals surface area contributed by atoms with Crippen LogP contribution in [0.4, 0.5) is 0 Å². The van der Waals surface area contributed by atoms with E-state index in [0.717, 1.165) is 26.0 Å². The molecule has 1 saturated carbocycles. The minimum absolute atomic E-state index is 0.249. The maximum atomic E-state index is 6.03. The van der Waals surface area contributed by atoms with Gasteiger partial charge in [-0.2, -0.15) is 0 Å². The quantitative estimate of drug-likeness (QED) is 0.812. The molecule has 2 rings (SSSR count). The van der Waals surface area contributed by atoms with E-state index in [1.807, 2.05) is 11.3 Å². The Morgan fingerprint density at radius 1 is 1.45 bits per heavy atom. The minimum Gasteiger partial charge on any atom is -0.377 e. The third-order valence-corrected chi connectivity index (χ3v) is 5.50. The number of hydrogen-bond donors (Lipinski definition) is 1. The molecule has 3 heteroatoms. The summed E-state index contributed by atoms with van der Waals surface area (Å²) in [6, 6.07) is 2.83. The largest absolute Gasteiger partial charge is 0.377 e. The molecule has 1 aromatic rings. The lowest BCUT2D eigenvalue weighted by molar-refractivity contribution is -0.124. The van der Waals surface area contributed by atoms with Crippen LogP contribution in [0.5, 0.6) is 0 Å². The van der Waals surface area contributed by atoms with Gasteiger partial charge < -0.3 is 10.1 Å². The molecule has 2 nitrogen and oxygen atoms in total. The molecule has 1 aliphatic rings. The van der Waals surface area contributed by atoms with E-state index in [1.54, 1.807) is 0 Å². The average molecular weight is 295 g/mol. The lowest BCUT2D eigenvalue weighted by Gasteiger charge is -2.52. The summed E-state index contributed by atoms with van der Waals surface area (Å²) in [6.45, 7) is 13.2. The van der Waals surface area contributed by atoms with Crippen molar-refractivity contribution in [2.24, 2.45) is 11.3 Å². The van der Waals surface area contributed by atoms with Gasteiger partial charge in [-0.1, -0.05) is 34.6 Å². The highest BCUT2D eigenvalue weighted by Crippen LogP contribution is 2.43. The van der Waals surface area contributed by atoms with Crippen LogP contribution >= 0.6 is 11.3 Å². The SMILES string of the molecule is CCc1ccsc1CNC1CC(OCC(C)C)C1(C)C. The van der Waals surface area contributed by atoms with E-state index in [1.165, 1.54) is 10.4 Å². The number of ether oxygens (including phenoxy) is 1. The van der Waals surface area contributed by atoms with Gasteiger partial charge >= 0.3 is 0 Å². The molecule has 0 spiro atoms. The third kappa shape index (κ3) is 3.44. The fraction of sp³-hybridized carbons (Fsp3) is 0.765. The third-order valence-electron chi connectivity index (χ3n) is 4.54. The van der Waals surface area contributed by atoms with Crippen molar-refractivity contribution < 1.29 is 4.74 Å². The van der Waals surface area contributed by atoms with Crippen molar-refractivity contribution in [1.82, 2.24) is 5.32 Å². The summed E-state index contributed by atoms with van der Waals surface area (Å²) >= 11 is 1.87. The maximum absolute atomic E-state index is 6.03. The second kappa shape index (κ2) is 6.59. The van der Waals surface area contributed by atoms with Crippen LogP contribution in [0.1, 0.15) is 51.5 Å². The average Bonchev–Trinajstić information content (AvgIpc) is 2.83. The predicted octanol–water partition coefficient (Wildman–Crippen LogP) is 4.24. The molecule has 114 valence electrons. The molecule has 0 aromatic carbocycles. The normalized spacial score (nSPS) is 24.9. The highest BCUT2D eigenvalue weighted by atomic mass is 32.1. The number of nitrogens with one attached hydrogen (secondary N) is 1. The molecule has 1 fully saturated rings. The first-order chi connectivity index (χ1) is 9.45. The Bertz CT molecular complexity index is 424. The van der Waals surface area contributed by atoms with Gasteiger partial charge in [0.15, 0.2) is 0 Å². The Balaban J connectivity index is 1.81. The Morgan fingerprint density at radius 2 is 2.20 bits per heavy atom. The second-order valence-electron chi connectivity index (χ2n) is 6.93. The molecule has 0 saturated heterocycles. The summed E-state index contributed by atoms with van der Waals surface area (Å²) in [5.41, 5.74) is 1.74. The molecule has 0 bridgehead atoms. The summed E-state index contributed by atoms with van der Waals surface area (Å²) in [6.07, 6.45) is 2.69. The van der Waals surface area contributed by atoms with Crippen LogP contribution in [0, 0.1) is 11.3 Å². The van der Waals surface area contributed by atoms with E-state index >= 15 is 0 Å². The summed E-state index contributed by atoms with van der Waals surface area (Å²) in [5.74, 6) is 0.621. The molecule has 0 amide bonds. The van der Waals surface area contributed by atoms with Crippen molar-refractivity contribution in [3.8, 4) is 0 Å². The smallest absolute Gasteiger partial charge is 0.0656 e. The van der Waals surface area contributed by atoms with Crippen molar-refractivity contribution in [2.45, 2.75) is 66.2 Å². The van der Waals surface area contributed by atoms with E-state index in [2.05, 4.69) is 51.4 Å². The Hall–Kier alpha value is -0.380. The van der Waals surface area contributed by atoms with Crippen molar-refractivity contribution in [1.29, 1.82) is 0 Å². The number of thiophene rings is 1. The van der Waals surface area contributed by atoms with E-state index in [4.69, 9.17) is 4.74 Å². The molecule has 2 unspecified atom stereocenters. The fourth-order valence-electron chi connectivity index (χ4n) is 2.88. The van der Waals surface area contributed by atoms with Crippen LogP contribution in [-0.4, -0.2) is 18.8 Å². The molecule has 0 aliphatic heterocycles. The summed E-state index contributed by atoms with van der Waals surface area (Å²) < 4.78 is 6.03. The van der Waals surface area contributed by atoms with E-state index in [0.29, 0.717) is 18.1 Å². The van der Waals surface area contributed by atoms with Crippen LogP contribution < -0.4 is 5.32 Å². The van der Waals surface area contributed by atoms with Crippen molar-refractivity contribution in [2.75, 3.05) is 6.61 Å². The molecule has 1 N–H and O–H groups in total. The topological polar surface area (TPSA) is 21.3 Å². The van der Waals surface area contributed by atoms with Crippen molar-refractivity contribution >= 4 is 11.3 Å². The van der Waals surface area contributed by atoms with Gasteiger partial charge in [0.25, 0.3) is 0 Å². The van der Waals surface area contributed by atoms with Gasteiger partial charge in [-0.15, -0.1) is 11.3 Å². The first-order valence-corrected chi connectivity index (χ1v) is 8.73. The van der Waals surface area contributed by atoms with E-state index in [-0.39, 0.29) is 5.41 Å².